The molecule has 1 fully saturated rings. The number of nitrogens with zero attached hydrogens (tertiary/aromatic N) is 1. The molecule has 7 nitrogen and oxygen atoms in total. The Morgan fingerprint density at radius 2 is 1.89 bits per heavy atom. The monoisotopic (exact) mass is 426 g/mol. The number of halogens is 1. The summed E-state index contributed by atoms with van der Waals surface area (Å²) in [4.78, 5) is 35.7. The lowest BCUT2D eigenvalue weighted by Crippen LogP contribution is -2.73. The second-order valence-electron chi connectivity index (χ2n) is 8.06. The molecule has 1 saturated heterocycles. The summed E-state index contributed by atoms with van der Waals surface area (Å²) in [6.07, 6.45) is -0.686. The smallest absolute Gasteiger partial charge is 0.408 e. The number of carbonyl (C=O) groups excluding carboxylic acids is 3. The van der Waals surface area contributed by atoms with Crippen LogP contribution >= 0.6 is 11.6 Å². The van der Waals surface area contributed by atoms with Crippen molar-refractivity contribution >= 4 is 38.7 Å². The molecule has 2 rings (SSSR count). The third-order valence-electron chi connectivity index (χ3n) is 5.14. The molecule has 1 aliphatic heterocycles. The summed E-state index contributed by atoms with van der Waals surface area (Å²) in [5.41, 5.74) is 0.318. The minimum Gasteiger partial charge on any atom is -0.451 e. The SMILES string of the molecule is CC([SiH2]N1C(=O)C(NC(=O)OCc2ccccc2)C1COC(=O)Cl)C(C)(C)C. The van der Waals surface area contributed by atoms with Crippen molar-refractivity contribution in [2.45, 2.75) is 51.9 Å². The van der Waals surface area contributed by atoms with E-state index in [1.807, 2.05) is 30.3 Å². The standard InChI is InChI=1S/C19H27ClN2O5Si/c1-12(19(2,3)4)28-22-14(11-26-17(20)24)15(16(22)23)21-18(25)27-10-13-8-6-5-7-9-13/h5-9,12,14-15H,10-11,28H2,1-4H3,(H,21,25). The van der Waals surface area contributed by atoms with E-state index in [0.717, 1.165) is 5.56 Å². The highest BCUT2D eigenvalue weighted by atomic mass is 35.5. The summed E-state index contributed by atoms with van der Waals surface area (Å²) >= 11 is 5.27. The van der Waals surface area contributed by atoms with Gasteiger partial charge in [0.05, 0.1) is 6.04 Å². The quantitative estimate of drug-likeness (QED) is 0.411. The molecular weight excluding hydrogens is 400 g/mol. The Hall–Kier alpha value is -2.06. The molecule has 0 aromatic heterocycles. The number of alkyl carbamates (subject to hydrolysis) is 1. The molecule has 28 heavy (non-hydrogen) atoms. The fraction of sp³-hybridized carbons (Fsp3) is 0.526. The van der Waals surface area contributed by atoms with Gasteiger partial charge >= 0.3 is 11.5 Å². The molecular formula is C19H27ClN2O5Si. The van der Waals surface area contributed by atoms with Gasteiger partial charge in [0, 0.05) is 11.6 Å². The molecule has 3 unspecified atom stereocenters. The molecule has 3 atom stereocenters. The Morgan fingerprint density at radius 3 is 2.46 bits per heavy atom. The number of nitrogens with one attached hydrogen (secondary N) is 1. The van der Waals surface area contributed by atoms with E-state index in [0.29, 0.717) is 5.54 Å². The van der Waals surface area contributed by atoms with E-state index in [1.54, 1.807) is 4.57 Å². The van der Waals surface area contributed by atoms with Crippen molar-refractivity contribution in [3.8, 4) is 0 Å². The Morgan fingerprint density at radius 1 is 1.25 bits per heavy atom. The van der Waals surface area contributed by atoms with Gasteiger partial charge in [0.25, 0.3) is 0 Å². The molecule has 0 spiro atoms. The average Bonchev–Trinajstić information content (AvgIpc) is 2.63. The Balaban J connectivity index is 1.96. The van der Waals surface area contributed by atoms with E-state index < -0.39 is 33.3 Å². The first-order chi connectivity index (χ1) is 13.1. The summed E-state index contributed by atoms with van der Waals surface area (Å²) in [5, 5.41) is 2.59. The Bertz CT molecular complexity index is 710. The topological polar surface area (TPSA) is 84.9 Å². The van der Waals surface area contributed by atoms with Gasteiger partial charge in [-0.3, -0.25) is 4.79 Å². The van der Waals surface area contributed by atoms with Crippen LogP contribution in [0.1, 0.15) is 33.3 Å². The van der Waals surface area contributed by atoms with Gasteiger partial charge < -0.3 is 19.4 Å². The van der Waals surface area contributed by atoms with Gasteiger partial charge in [0.2, 0.25) is 5.91 Å². The Kier molecular flexibility index (Phi) is 7.48. The normalized spacial score (nSPS) is 20.6. The number of carbonyl (C=O) groups is 3. The summed E-state index contributed by atoms with van der Waals surface area (Å²) in [5.74, 6) is -0.171. The van der Waals surface area contributed by atoms with Gasteiger partial charge in [-0.1, -0.05) is 58.0 Å². The highest BCUT2D eigenvalue weighted by molar-refractivity contribution is 6.61. The van der Waals surface area contributed by atoms with Crippen LogP contribution in [0.4, 0.5) is 9.59 Å². The zero-order valence-corrected chi connectivity index (χ0v) is 18.8. The molecule has 0 saturated carbocycles. The predicted octanol–water partition coefficient (Wildman–Crippen LogP) is 2.81. The highest BCUT2D eigenvalue weighted by Crippen LogP contribution is 2.33. The van der Waals surface area contributed by atoms with Crippen LogP contribution in [0.3, 0.4) is 0 Å². The number of benzene rings is 1. The lowest BCUT2D eigenvalue weighted by atomic mass is 9.93. The zero-order valence-electron chi connectivity index (χ0n) is 16.6. The fourth-order valence-corrected chi connectivity index (χ4v) is 4.95. The van der Waals surface area contributed by atoms with Crippen molar-refractivity contribution in [1.29, 1.82) is 0 Å². The number of ether oxygens (including phenoxy) is 2. The van der Waals surface area contributed by atoms with Crippen molar-refractivity contribution in [2.75, 3.05) is 6.61 Å². The van der Waals surface area contributed by atoms with E-state index in [1.165, 1.54) is 0 Å². The van der Waals surface area contributed by atoms with Crippen LogP contribution in [-0.4, -0.2) is 50.4 Å². The molecule has 0 radical (unpaired) electrons. The van der Waals surface area contributed by atoms with Crippen LogP contribution < -0.4 is 5.32 Å². The maximum atomic E-state index is 12.6. The van der Waals surface area contributed by atoms with Gasteiger partial charge in [-0.15, -0.1) is 0 Å². The molecule has 1 aliphatic rings. The van der Waals surface area contributed by atoms with Crippen LogP contribution in [0.5, 0.6) is 0 Å². The number of hydrogen-bond acceptors (Lipinski definition) is 5. The van der Waals surface area contributed by atoms with E-state index >= 15 is 0 Å². The van der Waals surface area contributed by atoms with Gasteiger partial charge in [0.15, 0.2) is 0 Å². The van der Waals surface area contributed by atoms with Gasteiger partial charge in [-0.05, 0) is 16.5 Å². The predicted molar refractivity (Wildman–Crippen MR) is 109 cm³/mol. The summed E-state index contributed by atoms with van der Waals surface area (Å²) in [7, 11) is -0.959. The molecule has 9 heteroatoms. The van der Waals surface area contributed by atoms with Crippen molar-refractivity contribution in [3.05, 3.63) is 35.9 Å². The molecule has 0 aliphatic carbocycles. The van der Waals surface area contributed by atoms with E-state index in [-0.39, 0.29) is 24.5 Å². The number of hydrogen-bond donors (Lipinski definition) is 1. The van der Waals surface area contributed by atoms with Gasteiger partial charge in [0.1, 0.15) is 28.9 Å². The van der Waals surface area contributed by atoms with Crippen molar-refractivity contribution in [3.63, 3.8) is 0 Å². The third kappa shape index (κ3) is 5.97. The molecule has 1 aromatic rings. The van der Waals surface area contributed by atoms with Gasteiger partial charge in [-0.25, -0.2) is 9.59 Å². The minimum absolute atomic E-state index is 0.0540. The van der Waals surface area contributed by atoms with Crippen LogP contribution in [0.2, 0.25) is 5.54 Å². The minimum atomic E-state index is -0.959. The maximum absolute atomic E-state index is 12.6. The van der Waals surface area contributed by atoms with Gasteiger partial charge in [-0.2, -0.15) is 0 Å². The Labute approximate surface area is 172 Å². The fourth-order valence-electron chi connectivity index (χ4n) is 2.79. The average molecular weight is 427 g/mol. The number of amides is 2. The second kappa shape index (κ2) is 9.42. The van der Waals surface area contributed by atoms with E-state index in [9.17, 15) is 14.4 Å². The molecule has 1 heterocycles. The molecule has 154 valence electrons. The van der Waals surface area contributed by atoms with Crippen molar-refractivity contribution < 1.29 is 23.9 Å². The lowest BCUT2D eigenvalue weighted by Gasteiger charge is -2.49. The number of rotatable bonds is 7. The number of β-lactam (4-membered cyclic amide) rings is 1. The molecule has 0 bridgehead atoms. The maximum Gasteiger partial charge on any atom is 0.408 e. The summed E-state index contributed by atoms with van der Waals surface area (Å²) < 4.78 is 11.8. The first kappa shape index (κ1) is 22.2. The first-order valence-electron chi connectivity index (χ1n) is 9.19. The summed E-state index contributed by atoms with van der Waals surface area (Å²) in [6.45, 7) is 8.53. The van der Waals surface area contributed by atoms with E-state index in [4.69, 9.17) is 21.1 Å². The van der Waals surface area contributed by atoms with Crippen molar-refractivity contribution in [1.82, 2.24) is 9.88 Å². The zero-order chi connectivity index (χ0) is 20.9. The first-order valence-corrected chi connectivity index (χ1v) is 11.0. The molecule has 2 amide bonds. The largest absolute Gasteiger partial charge is 0.451 e. The van der Waals surface area contributed by atoms with Crippen LogP contribution in [-0.2, 0) is 20.9 Å². The highest BCUT2D eigenvalue weighted by Gasteiger charge is 2.49. The molecule has 1 aromatic carbocycles. The second-order valence-corrected chi connectivity index (χ2v) is 10.6. The molecule has 1 N–H and O–H groups in total. The van der Waals surface area contributed by atoms with Crippen LogP contribution in [0, 0.1) is 5.41 Å². The lowest BCUT2D eigenvalue weighted by molar-refractivity contribution is -0.144. The van der Waals surface area contributed by atoms with Crippen molar-refractivity contribution in [2.24, 2.45) is 5.41 Å². The van der Waals surface area contributed by atoms with E-state index in [2.05, 4.69) is 33.0 Å². The van der Waals surface area contributed by atoms with Crippen LogP contribution in [0.25, 0.3) is 0 Å². The van der Waals surface area contributed by atoms with Crippen LogP contribution in [0.15, 0.2) is 30.3 Å². The summed E-state index contributed by atoms with van der Waals surface area (Å²) in [6, 6.07) is 8.05. The third-order valence-corrected chi connectivity index (χ3v) is 8.19.